The Hall–Kier alpha value is -3.13. The van der Waals surface area contributed by atoms with Gasteiger partial charge in [0.05, 0.1) is 49.6 Å². The molecule has 152 valence electrons. The fraction of sp³-hybridized carbons (Fsp3) is 0.381. The smallest absolute Gasteiger partial charge is 0.322 e. The number of urea groups is 1. The van der Waals surface area contributed by atoms with Crippen LogP contribution in [0.3, 0.4) is 0 Å². The molecule has 29 heavy (non-hydrogen) atoms. The van der Waals surface area contributed by atoms with E-state index in [0.717, 1.165) is 28.1 Å². The third kappa shape index (κ3) is 4.48. The number of hydrogen-bond donors (Lipinski definition) is 1. The minimum atomic E-state index is -0.134. The summed E-state index contributed by atoms with van der Waals surface area (Å²) in [7, 11) is 0. The van der Waals surface area contributed by atoms with E-state index in [2.05, 4.69) is 15.5 Å². The van der Waals surface area contributed by atoms with Gasteiger partial charge in [-0.05, 0) is 49.6 Å². The molecule has 8 heteroatoms. The van der Waals surface area contributed by atoms with Gasteiger partial charge in [0.2, 0.25) is 0 Å². The van der Waals surface area contributed by atoms with Crippen molar-refractivity contribution >= 4 is 11.7 Å². The van der Waals surface area contributed by atoms with Crippen LogP contribution < -0.4 is 5.32 Å². The number of nitrogens with zero attached hydrogens (tertiary/aromatic N) is 5. The molecule has 0 bridgehead atoms. The summed E-state index contributed by atoms with van der Waals surface area (Å²) in [4.78, 5) is 14.8. The Morgan fingerprint density at radius 3 is 2.66 bits per heavy atom. The molecule has 0 spiro atoms. The van der Waals surface area contributed by atoms with Gasteiger partial charge in [-0.15, -0.1) is 0 Å². The quantitative estimate of drug-likeness (QED) is 0.738. The summed E-state index contributed by atoms with van der Waals surface area (Å²) in [6.07, 6.45) is 7.46. The molecule has 4 rings (SSSR count). The van der Waals surface area contributed by atoms with E-state index in [0.29, 0.717) is 26.2 Å². The molecule has 3 heterocycles. The third-order valence-corrected chi connectivity index (χ3v) is 4.93. The van der Waals surface area contributed by atoms with Crippen molar-refractivity contribution in [1.82, 2.24) is 24.5 Å². The van der Waals surface area contributed by atoms with Gasteiger partial charge in [-0.3, -0.25) is 4.68 Å². The van der Waals surface area contributed by atoms with Gasteiger partial charge in [-0.2, -0.15) is 10.2 Å². The predicted octanol–water partition coefficient (Wildman–Crippen LogP) is 2.93. The van der Waals surface area contributed by atoms with Crippen molar-refractivity contribution in [3.8, 4) is 5.69 Å². The van der Waals surface area contributed by atoms with Crippen molar-refractivity contribution in [3.05, 3.63) is 59.7 Å². The standard InChI is InChI=1S/C21H26N6O2/c1-15-4-5-20(27-12-17(3)10-23-27)19(8-15)24-21(28)25-6-7-29-18(13-25)14-26-11-16(2)9-22-26/h4-5,8-12,18H,6-7,13-14H2,1-3H3,(H,24,28). The van der Waals surface area contributed by atoms with Crippen molar-refractivity contribution in [3.63, 3.8) is 0 Å². The maximum Gasteiger partial charge on any atom is 0.322 e. The molecular formula is C21H26N6O2. The summed E-state index contributed by atoms with van der Waals surface area (Å²) in [6.45, 7) is 8.22. The zero-order valence-electron chi connectivity index (χ0n) is 17.0. The van der Waals surface area contributed by atoms with Crippen LogP contribution in [-0.2, 0) is 11.3 Å². The van der Waals surface area contributed by atoms with Crippen LogP contribution in [-0.4, -0.2) is 56.3 Å². The van der Waals surface area contributed by atoms with Gasteiger partial charge in [0.1, 0.15) is 0 Å². The number of benzene rings is 1. The van der Waals surface area contributed by atoms with Crippen LogP contribution in [0, 0.1) is 20.8 Å². The van der Waals surface area contributed by atoms with E-state index in [1.165, 1.54) is 0 Å². The lowest BCUT2D eigenvalue weighted by atomic mass is 10.2. The molecule has 1 saturated heterocycles. The SMILES string of the molecule is Cc1ccc(-n2cc(C)cn2)c(NC(=O)N2CCOC(Cn3cc(C)cn3)C2)c1. The molecule has 2 amide bonds. The van der Waals surface area contributed by atoms with E-state index in [4.69, 9.17) is 4.74 Å². The molecule has 1 aliphatic rings. The van der Waals surface area contributed by atoms with Crippen molar-refractivity contribution < 1.29 is 9.53 Å². The summed E-state index contributed by atoms with van der Waals surface area (Å²) in [5.41, 5.74) is 4.82. The molecule has 0 aliphatic carbocycles. The maximum atomic E-state index is 13.0. The number of nitrogens with one attached hydrogen (secondary N) is 1. The topological polar surface area (TPSA) is 77.2 Å². The average Bonchev–Trinajstić information content (AvgIpc) is 3.30. The Balaban J connectivity index is 1.47. The Kier molecular flexibility index (Phi) is 5.35. The van der Waals surface area contributed by atoms with E-state index in [9.17, 15) is 4.79 Å². The van der Waals surface area contributed by atoms with E-state index in [1.54, 1.807) is 15.8 Å². The van der Waals surface area contributed by atoms with E-state index < -0.39 is 0 Å². The second kappa shape index (κ2) is 8.08. The Bertz CT molecular complexity index is 1010. The van der Waals surface area contributed by atoms with Gasteiger partial charge in [0, 0.05) is 18.9 Å². The Morgan fingerprint density at radius 2 is 1.93 bits per heavy atom. The number of carbonyl (C=O) groups excluding carboxylic acids is 1. The van der Waals surface area contributed by atoms with E-state index >= 15 is 0 Å². The zero-order chi connectivity index (χ0) is 20.4. The number of carbonyl (C=O) groups is 1. The third-order valence-electron chi connectivity index (χ3n) is 4.93. The number of anilines is 1. The summed E-state index contributed by atoms with van der Waals surface area (Å²) in [6, 6.07) is 5.82. The van der Waals surface area contributed by atoms with Crippen molar-refractivity contribution in [2.75, 3.05) is 25.0 Å². The van der Waals surface area contributed by atoms with Gasteiger partial charge in [0.15, 0.2) is 0 Å². The minimum absolute atomic E-state index is 0.0838. The highest BCUT2D eigenvalue weighted by Crippen LogP contribution is 2.23. The molecule has 1 fully saturated rings. The zero-order valence-corrected chi connectivity index (χ0v) is 17.0. The van der Waals surface area contributed by atoms with Crippen LogP contribution in [0.15, 0.2) is 43.0 Å². The average molecular weight is 394 g/mol. The highest BCUT2D eigenvalue weighted by molar-refractivity contribution is 5.91. The number of ether oxygens (including phenoxy) is 1. The number of aryl methyl sites for hydroxylation is 3. The maximum absolute atomic E-state index is 13.0. The monoisotopic (exact) mass is 394 g/mol. The summed E-state index contributed by atoms with van der Waals surface area (Å²) in [5, 5.41) is 11.8. The Morgan fingerprint density at radius 1 is 1.14 bits per heavy atom. The van der Waals surface area contributed by atoms with Gasteiger partial charge in [-0.1, -0.05) is 6.07 Å². The summed E-state index contributed by atoms with van der Waals surface area (Å²) in [5.74, 6) is 0. The lowest BCUT2D eigenvalue weighted by Gasteiger charge is -2.33. The molecule has 2 aromatic heterocycles. The van der Waals surface area contributed by atoms with Crippen LogP contribution in [0.25, 0.3) is 5.69 Å². The highest BCUT2D eigenvalue weighted by Gasteiger charge is 2.25. The second-order valence-electron chi connectivity index (χ2n) is 7.59. The van der Waals surface area contributed by atoms with Crippen molar-refractivity contribution in [2.45, 2.75) is 33.4 Å². The first-order chi connectivity index (χ1) is 14.0. The molecule has 1 atom stereocenters. The van der Waals surface area contributed by atoms with Crippen LogP contribution in [0.1, 0.15) is 16.7 Å². The molecule has 0 radical (unpaired) electrons. The van der Waals surface area contributed by atoms with Crippen molar-refractivity contribution in [1.29, 1.82) is 0 Å². The fourth-order valence-corrected chi connectivity index (χ4v) is 3.48. The number of rotatable bonds is 4. The molecule has 3 aromatic rings. The van der Waals surface area contributed by atoms with E-state index in [-0.39, 0.29) is 12.1 Å². The highest BCUT2D eigenvalue weighted by atomic mass is 16.5. The first kappa shape index (κ1) is 19.2. The summed E-state index contributed by atoms with van der Waals surface area (Å²) < 4.78 is 9.49. The van der Waals surface area contributed by atoms with Crippen LogP contribution in [0.5, 0.6) is 0 Å². The molecule has 0 saturated carbocycles. The van der Waals surface area contributed by atoms with Gasteiger partial charge < -0.3 is 15.0 Å². The van der Waals surface area contributed by atoms with Gasteiger partial charge in [-0.25, -0.2) is 9.48 Å². The van der Waals surface area contributed by atoms with Gasteiger partial charge >= 0.3 is 6.03 Å². The van der Waals surface area contributed by atoms with Crippen molar-refractivity contribution in [2.24, 2.45) is 0 Å². The Labute approximate surface area is 170 Å². The molecular weight excluding hydrogens is 368 g/mol. The number of hydrogen-bond acceptors (Lipinski definition) is 4. The normalized spacial score (nSPS) is 16.8. The summed E-state index contributed by atoms with van der Waals surface area (Å²) >= 11 is 0. The van der Waals surface area contributed by atoms with Crippen LogP contribution in [0.2, 0.25) is 0 Å². The lowest BCUT2D eigenvalue weighted by Crippen LogP contribution is -2.48. The molecule has 1 aliphatic heterocycles. The molecule has 1 N–H and O–H groups in total. The van der Waals surface area contributed by atoms with Crippen LogP contribution >= 0.6 is 0 Å². The number of aromatic nitrogens is 4. The number of morpholine rings is 1. The minimum Gasteiger partial charge on any atom is -0.373 e. The molecule has 8 nitrogen and oxygen atoms in total. The lowest BCUT2D eigenvalue weighted by molar-refractivity contribution is -0.0219. The first-order valence-electron chi connectivity index (χ1n) is 9.77. The first-order valence-corrected chi connectivity index (χ1v) is 9.77. The second-order valence-corrected chi connectivity index (χ2v) is 7.59. The van der Waals surface area contributed by atoms with Gasteiger partial charge in [0.25, 0.3) is 0 Å². The fourth-order valence-electron chi connectivity index (χ4n) is 3.48. The largest absolute Gasteiger partial charge is 0.373 e. The van der Waals surface area contributed by atoms with Crippen LogP contribution in [0.4, 0.5) is 10.5 Å². The van der Waals surface area contributed by atoms with E-state index in [1.807, 2.05) is 62.2 Å². The predicted molar refractivity (Wildman–Crippen MR) is 110 cm³/mol. The number of amides is 2. The molecule has 1 unspecified atom stereocenters. The molecule has 1 aromatic carbocycles.